The lowest BCUT2D eigenvalue weighted by molar-refractivity contribution is -0.138. The molecule has 19 heavy (non-hydrogen) atoms. The van der Waals surface area contributed by atoms with E-state index in [9.17, 15) is 4.79 Å². The van der Waals surface area contributed by atoms with Crippen LogP contribution >= 0.6 is 0 Å². The first-order valence-corrected chi connectivity index (χ1v) is 8.27. The van der Waals surface area contributed by atoms with Crippen LogP contribution in [0.5, 0.6) is 0 Å². The first-order chi connectivity index (χ1) is 9.22. The summed E-state index contributed by atoms with van der Waals surface area (Å²) in [4.78, 5) is 14.8. The maximum Gasteiger partial charge on any atom is 0.225 e. The fourth-order valence-corrected chi connectivity index (χ4v) is 3.84. The van der Waals surface area contributed by atoms with Crippen LogP contribution in [0.4, 0.5) is 0 Å². The first-order valence-electron chi connectivity index (χ1n) is 8.27. The van der Waals surface area contributed by atoms with E-state index >= 15 is 0 Å². The van der Waals surface area contributed by atoms with Gasteiger partial charge in [0, 0.05) is 31.1 Å². The van der Waals surface area contributed by atoms with E-state index in [1.165, 1.54) is 38.5 Å². The third-order valence-corrected chi connectivity index (χ3v) is 4.97. The Balaban J connectivity index is 1.56. The SMILES string of the molecule is CC1CC(NC2CC2)CN(C(=O)C2CCCCC2)C1. The molecule has 2 aliphatic carbocycles. The topological polar surface area (TPSA) is 32.3 Å². The fraction of sp³-hybridized carbons (Fsp3) is 0.938. The summed E-state index contributed by atoms with van der Waals surface area (Å²) in [7, 11) is 0. The number of hydrogen-bond acceptors (Lipinski definition) is 2. The van der Waals surface area contributed by atoms with Gasteiger partial charge in [0.25, 0.3) is 0 Å². The van der Waals surface area contributed by atoms with Crippen LogP contribution < -0.4 is 5.32 Å². The molecule has 0 radical (unpaired) electrons. The van der Waals surface area contributed by atoms with Gasteiger partial charge in [0.1, 0.15) is 0 Å². The number of rotatable bonds is 3. The highest BCUT2D eigenvalue weighted by Crippen LogP contribution is 2.28. The quantitative estimate of drug-likeness (QED) is 0.849. The lowest BCUT2D eigenvalue weighted by Crippen LogP contribution is -2.52. The molecule has 3 fully saturated rings. The molecule has 108 valence electrons. The molecule has 1 saturated heterocycles. The van der Waals surface area contributed by atoms with Crippen molar-refractivity contribution in [2.24, 2.45) is 11.8 Å². The summed E-state index contributed by atoms with van der Waals surface area (Å²) in [6.45, 7) is 4.23. The molecule has 3 nitrogen and oxygen atoms in total. The summed E-state index contributed by atoms with van der Waals surface area (Å²) in [5.41, 5.74) is 0. The Morgan fingerprint density at radius 1 is 1.00 bits per heavy atom. The molecule has 2 atom stereocenters. The smallest absolute Gasteiger partial charge is 0.225 e. The van der Waals surface area contributed by atoms with Crippen molar-refractivity contribution in [2.45, 2.75) is 70.4 Å². The van der Waals surface area contributed by atoms with Crippen LogP contribution in [0.25, 0.3) is 0 Å². The number of carbonyl (C=O) groups is 1. The third kappa shape index (κ3) is 3.50. The Hall–Kier alpha value is -0.570. The molecule has 2 unspecified atom stereocenters. The molecule has 0 bridgehead atoms. The highest BCUT2D eigenvalue weighted by Gasteiger charge is 2.34. The van der Waals surface area contributed by atoms with Gasteiger partial charge in [0.05, 0.1) is 0 Å². The number of piperidine rings is 1. The van der Waals surface area contributed by atoms with Crippen LogP contribution in [0.3, 0.4) is 0 Å². The van der Waals surface area contributed by atoms with Crippen LogP contribution in [0.1, 0.15) is 58.3 Å². The molecular weight excluding hydrogens is 236 g/mol. The van der Waals surface area contributed by atoms with Crippen molar-refractivity contribution in [3.05, 3.63) is 0 Å². The predicted molar refractivity (Wildman–Crippen MR) is 76.9 cm³/mol. The van der Waals surface area contributed by atoms with Gasteiger partial charge < -0.3 is 10.2 Å². The molecule has 1 aliphatic heterocycles. The molecule has 3 heteroatoms. The molecule has 3 aliphatic rings. The normalized spacial score (nSPS) is 33.4. The van der Waals surface area contributed by atoms with Crippen molar-refractivity contribution in [2.75, 3.05) is 13.1 Å². The molecular formula is C16H28N2O. The second-order valence-electron chi connectivity index (χ2n) is 7.06. The van der Waals surface area contributed by atoms with Gasteiger partial charge >= 0.3 is 0 Å². The Bertz CT molecular complexity index is 319. The van der Waals surface area contributed by atoms with Crippen LogP contribution in [0.2, 0.25) is 0 Å². The van der Waals surface area contributed by atoms with Crippen LogP contribution in [-0.2, 0) is 4.79 Å². The van der Waals surface area contributed by atoms with E-state index in [1.807, 2.05) is 0 Å². The van der Waals surface area contributed by atoms with Gasteiger partial charge in [0.2, 0.25) is 5.91 Å². The summed E-state index contributed by atoms with van der Waals surface area (Å²) in [6, 6.07) is 1.30. The number of nitrogens with zero attached hydrogens (tertiary/aromatic N) is 1. The predicted octanol–water partition coefficient (Wildman–Crippen LogP) is 2.56. The molecule has 1 amide bonds. The van der Waals surface area contributed by atoms with Gasteiger partial charge in [-0.1, -0.05) is 26.2 Å². The van der Waals surface area contributed by atoms with Gasteiger partial charge in [0.15, 0.2) is 0 Å². The van der Waals surface area contributed by atoms with Crippen LogP contribution in [-0.4, -0.2) is 36.0 Å². The number of carbonyl (C=O) groups excluding carboxylic acids is 1. The van der Waals surface area contributed by atoms with Crippen LogP contribution in [0.15, 0.2) is 0 Å². The molecule has 0 spiro atoms. The third-order valence-electron chi connectivity index (χ3n) is 4.97. The Kier molecular flexibility index (Phi) is 4.11. The minimum absolute atomic E-state index is 0.334. The van der Waals surface area contributed by atoms with Gasteiger partial charge in [-0.15, -0.1) is 0 Å². The second-order valence-corrected chi connectivity index (χ2v) is 7.06. The van der Waals surface area contributed by atoms with Crippen molar-refractivity contribution in [3.8, 4) is 0 Å². The maximum atomic E-state index is 12.6. The number of likely N-dealkylation sites (tertiary alicyclic amines) is 1. The summed E-state index contributed by atoms with van der Waals surface area (Å²) >= 11 is 0. The molecule has 1 heterocycles. The zero-order valence-electron chi connectivity index (χ0n) is 12.2. The van der Waals surface area contributed by atoms with Crippen molar-refractivity contribution in [3.63, 3.8) is 0 Å². The van der Waals surface area contributed by atoms with E-state index in [-0.39, 0.29) is 0 Å². The van der Waals surface area contributed by atoms with Crippen molar-refractivity contribution < 1.29 is 4.79 Å². The lowest BCUT2D eigenvalue weighted by Gasteiger charge is -2.39. The van der Waals surface area contributed by atoms with E-state index < -0.39 is 0 Å². The number of hydrogen-bond donors (Lipinski definition) is 1. The molecule has 1 N–H and O–H groups in total. The first kappa shape index (κ1) is 13.4. The second kappa shape index (κ2) is 5.82. The zero-order valence-corrected chi connectivity index (χ0v) is 12.2. The molecule has 0 aromatic carbocycles. The summed E-state index contributed by atoms with van der Waals surface area (Å²) in [5.74, 6) is 1.44. The minimum atomic E-state index is 0.334. The zero-order chi connectivity index (χ0) is 13.2. The van der Waals surface area contributed by atoms with Crippen molar-refractivity contribution in [1.82, 2.24) is 10.2 Å². The number of amides is 1. The highest BCUT2D eigenvalue weighted by atomic mass is 16.2. The van der Waals surface area contributed by atoms with Gasteiger partial charge in [-0.25, -0.2) is 0 Å². The average molecular weight is 264 g/mol. The monoisotopic (exact) mass is 264 g/mol. The van der Waals surface area contributed by atoms with E-state index in [0.717, 1.165) is 32.0 Å². The van der Waals surface area contributed by atoms with Crippen LogP contribution in [0, 0.1) is 11.8 Å². The van der Waals surface area contributed by atoms with Gasteiger partial charge in [-0.2, -0.15) is 0 Å². The van der Waals surface area contributed by atoms with E-state index in [0.29, 0.717) is 23.8 Å². The van der Waals surface area contributed by atoms with E-state index in [2.05, 4.69) is 17.1 Å². The Morgan fingerprint density at radius 2 is 1.74 bits per heavy atom. The van der Waals surface area contributed by atoms with E-state index in [1.54, 1.807) is 0 Å². The Morgan fingerprint density at radius 3 is 2.42 bits per heavy atom. The number of nitrogens with one attached hydrogen (secondary N) is 1. The standard InChI is InChI=1S/C16H28N2O/c1-12-9-15(17-14-7-8-14)11-18(10-12)16(19)13-5-3-2-4-6-13/h12-15,17H,2-11H2,1H3. The largest absolute Gasteiger partial charge is 0.341 e. The average Bonchev–Trinajstić information content (AvgIpc) is 3.22. The summed E-state index contributed by atoms with van der Waals surface area (Å²) in [5, 5.41) is 3.72. The molecule has 2 saturated carbocycles. The van der Waals surface area contributed by atoms with Crippen molar-refractivity contribution in [1.29, 1.82) is 0 Å². The fourth-order valence-electron chi connectivity index (χ4n) is 3.84. The molecule has 0 aromatic heterocycles. The minimum Gasteiger partial charge on any atom is -0.341 e. The summed E-state index contributed by atoms with van der Waals surface area (Å²) in [6.07, 6.45) is 10.0. The molecule has 0 aromatic rings. The van der Waals surface area contributed by atoms with Gasteiger partial charge in [-0.05, 0) is 38.0 Å². The maximum absolute atomic E-state index is 12.6. The van der Waals surface area contributed by atoms with Gasteiger partial charge in [-0.3, -0.25) is 4.79 Å². The van der Waals surface area contributed by atoms with Crippen molar-refractivity contribution >= 4 is 5.91 Å². The lowest BCUT2D eigenvalue weighted by atomic mass is 9.87. The highest BCUT2D eigenvalue weighted by molar-refractivity contribution is 5.79. The molecule has 3 rings (SSSR count). The van der Waals surface area contributed by atoms with E-state index in [4.69, 9.17) is 0 Å². The Labute approximate surface area is 117 Å². The summed E-state index contributed by atoms with van der Waals surface area (Å²) < 4.78 is 0.